The summed E-state index contributed by atoms with van der Waals surface area (Å²) in [4.78, 5) is 11.3. The van der Waals surface area contributed by atoms with E-state index < -0.39 is 5.41 Å². The molecule has 3 heteroatoms. The summed E-state index contributed by atoms with van der Waals surface area (Å²) in [5.41, 5.74) is -0.897. The highest BCUT2D eigenvalue weighted by atomic mass is 16.2. The average Bonchev–Trinajstić information content (AvgIpc) is 2.12. The van der Waals surface area contributed by atoms with Gasteiger partial charge in [-0.3, -0.25) is 4.79 Å². The summed E-state index contributed by atoms with van der Waals surface area (Å²) in [6.45, 7) is 6.04. The van der Waals surface area contributed by atoms with Gasteiger partial charge in [0.2, 0.25) is 5.91 Å². The van der Waals surface area contributed by atoms with Crippen molar-refractivity contribution in [2.24, 2.45) is 5.41 Å². The van der Waals surface area contributed by atoms with Crippen molar-refractivity contribution >= 4 is 5.91 Å². The lowest BCUT2D eigenvalue weighted by atomic mass is 9.95. The third kappa shape index (κ3) is 4.51. The fourth-order valence-electron chi connectivity index (χ4n) is 0.849. The first kappa shape index (κ1) is 12.0. The monoisotopic (exact) mass is 182 g/mol. The van der Waals surface area contributed by atoms with Gasteiger partial charge in [-0.2, -0.15) is 5.26 Å². The Hall–Kier alpha value is -1.04. The van der Waals surface area contributed by atoms with Gasteiger partial charge < -0.3 is 5.32 Å². The number of hydrogen-bond acceptors (Lipinski definition) is 2. The summed E-state index contributed by atoms with van der Waals surface area (Å²) >= 11 is 0. The molecule has 0 aromatic rings. The van der Waals surface area contributed by atoms with Crippen LogP contribution in [-0.2, 0) is 4.79 Å². The predicted octanol–water partition coefficient (Wildman–Crippen LogP) is 1.84. The van der Waals surface area contributed by atoms with Gasteiger partial charge in [0.1, 0.15) is 5.41 Å². The van der Waals surface area contributed by atoms with Crippen LogP contribution in [0, 0.1) is 16.7 Å². The topological polar surface area (TPSA) is 52.9 Å². The van der Waals surface area contributed by atoms with Crippen molar-refractivity contribution in [1.82, 2.24) is 5.32 Å². The van der Waals surface area contributed by atoms with Crippen LogP contribution < -0.4 is 5.32 Å². The molecule has 0 aromatic carbocycles. The molecule has 1 N–H and O–H groups in total. The van der Waals surface area contributed by atoms with Crippen LogP contribution in [0.15, 0.2) is 0 Å². The van der Waals surface area contributed by atoms with E-state index in [0.717, 1.165) is 19.3 Å². The number of hydrogen-bond donors (Lipinski definition) is 1. The van der Waals surface area contributed by atoms with Crippen LogP contribution in [-0.4, -0.2) is 12.5 Å². The largest absolute Gasteiger partial charge is 0.355 e. The van der Waals surface area contributed by atoms with Crippen LogP contribution in [0.3, 0.4) is 0 Å². The van der Waals surface area contributed by atoms with Crippen LogP contribution in [0.4, 0.5) is 0 Å². The van der Waals surface area contributed by atoms with Crippen molar-refractivity contribution in [3.8, 4) is 6.07 Å². The molecule has 1 amide bonds. The molecule has 0 saturated heterocycles. The Bertz CT molecular complexity index is 203. The molecule has 13 heavy (non-hydrogen) atoms. The molecule has 0 atom stereocenters. The molecule has 0 fully saturated rings. The number of carbonyl (C=O) groups excluding carboxylic acids is 1. The normalized spacial score (nSPS) is 10.6. The highest BCUT2D eigenvalue weighted by Gasteiger charge is 2.26. The van der Waals surface area contributed by atoms with Crippen LogP contribution in [0.2, 0.25) is 0 Å². The van der Waals surface area contributed by atoms with E-state index in [-0.39, 0.29) is 5.91 Å². The Morgan fingerprint density at radius 2 is 2.08 bits per heavy atom. The van der Waals surface area contributed by atoms with Crippen molar-refractivity contribution in [3.63, 3.8) is 0 Å². The van der Waals surface area contributed by atoms with Crippen molar-refractivity contribution in [3.05, 3.63) is 0 Å². The number of unbranched alkanes of at least 4 members (excludes halogenated alkanes) is 2. The second kappa shape index (κ2) is 5.58. The van der Waals surface area contributed by atoms with Gasteiger partial charge in [-0.05, 0) is 20.3 Å². The summed E-state index contributed by atoms with van der Waals surface area (Å²) in [5.74, 6) is -0.175. The Labute approximate surface area is 80.1 Å². The first-order chi connectivity index (χ1) is 6.04. The Morgan fingerprint density at radius 3 is 2.54 bits per heavy atom. The molecule has 0 saturated carbocycles. The van der Waals surface area contributed by atoms with Crippen molar-refractivity contribution in [2.45, 2.75) is 40.0 Å². The molecule has 0 aliphatic carbocycles. The van der Waals surface area contributed by atoms with Gasteiger partial charge in [-0.1, -0.05) is 19.8 Å². The van der Waals surface area contributed by atoms with E-state index in [1.165, 1.54) is 0 Å². The van der Waals surface area contributed by atoms with Gasteiger partial charge in [0, 0.05) is 6.54 Å². The van der Waals surface area contributed by atoms with E-state index in [2.05, 4.69) is 12.2 Å². The number of nitriles is 1. The standard InChI is InChI=1S/C10H18N2O/c1-4-5-6-7-12-9(13)10(2,3)8-11/h4-7H2,1-3H3,(H,12,13). The van der Waals surface area contributed by atoms with Crippen LogP contribution in [0.5, 0.6) is 0 Å². The number of nitrogens with one attached hydrogen (secondary N) is 1. The highest BCUT2D eigenvalue weighted by molar-refractivity contribution is 5.84. The summed E-state index contributed by atoms with van der Waals surface area (Å²) in [6.07, 6.45) is 3.24. The lowest BCUT2D eigenvalue weighted by Gasteiger charge is -2.14. The van der Waals surface area contributed by atoms with Gasteiger partial charge in [-0.25, -0.2) is 0 Å². The molecule has 0 radical (unpaired) electrons. The van der Waals surface area contributed by atoms with Gasteiger partial charge in [0.05, 0.1) is 6.07 Å². The maximum Gasteiger partial charge on any atom is 0.239 e. The Kier molecular flexibility index (Phi) is 5.13. The summed E-state index contributed by atoms with van der Waals surface area (Å²) in [7, 11) is 0. The molecule has 0 aliphatic heterocycles. The molecule has 0 aromatic heterocycles. The number of nitrogens with zero attached hydrogens (tertiary/aromatic N) is 1. The molecular weight excluding hydrogens is 164 g/mol. The molecule has 0 unspecified atom stereocenters. The molecule has 0 spiro atoms. The Balaban J connectivity index is 3.70. The molecule has 0 heterocycles. The van der Waals surface area contributed by atoms with Gasteiger partial charge in [0.25, 0.3) is 0 Å². The summed E-state index contributed by atoms with van der Waals surface area (Å²) < 4.78 is 0. The Morgan fingerprint density at radius 1 is 1.46 bits per heavy atom. The van der Waals surface area contributed by atoms with E-state index >= 15 is 0 Å². The second-order valence-electron chi connectivity index (χ2n) is 3.70. The zero-order valence-electron chi connectivity index (χ0n) is 8.68. The minimum Gasteiger partial charge on any atom is -0.355 e. The van der Waals surface area contributed by atoms with Crippen LogP contribution >= 0.6 is 0 Å². The van der Waals surface area contributed by atoms with E-state index in [0.29, 0.717) is 6.54 Å². The average molecular weight is 182 g/mol. The van der Waals surface area contributed by atoms with Gasteiger partial charge in [-0.15, -0.1) is 0 Å². The molecule has 0 aliphatic rings. The lowest BCUT2D eigenvalue weighted by molar-refractivity contribution is -0.126. The van der Waals surface area contributed by atoms with Crippen molar-refractivity contribution in [2.75, 3.05) is 6.54 Å². The fraction of sp³-hybridized carbons (Fsp3) is 0.800. The van der Waals surface area contributed by atoms with E-state index in [4.69, 9.17) is 5.26 Å². The van der Waals surface area contributed by atoms with E-state index in [9.17, 15) is 4.79 Å². The maximum atomic E-state index is 11.3. The second-order valence-corrected chi connectivity index (χ2v) is 3.70. The third-order valence-corrected chi connectivity index (χ3v) is 1.91. The zero-order valence-corrected chi connectivity index (χ0v) is 8.68. The lowest BCUT2D eigenvalue weighted by Crippen LogP contribution is -2.36. The number of rotatable bonds is 5. The fourth-order valence-corrected chi connectivity index (χ4v) is 0.849. The first-order valence-electron chi connectivity index (χ1n) is 4.74. The molecular formula is C10H18N2O. The number of carbonyl (C=O) groups is 1. The smallest absolute Gasteiger partial charge is 0.239 e. The van der Waals surface area contributed by atoms with E-state index in [1.54, 1.807) is 13.8 Å². The zero-order chi connectivity index (χ0) is 10.3. The number of amides is 1. The van der Waals surface area contributed by atoms with Crippen molar-refractivity contribution < 1.29 is 4.79 Å². The van der Waals surface area contributed by atoms with Crippen LogP contribution in [0.1, 0.15) is 40.0 Å². The van der Waals surface area contributed by atoms with Crippen molar-refractivity contribution in [1.29, 1.82) is 5.26 Å². The summed E-state index contributed by atoms with van der Waals surface area (Å²) in [5, 5.41) is 11.4. The third-order valence-electron chi connectivity index (χ3n) is 1.91. The van der Waals surface area contributed by atoms with Crippen LogP contribution in [0.25, 0.3) is 0 Å². The molecule has 0 rings (SSSR count). The molecule has 74 valence electrons. The maximum absolute atomic E-state index is 11.3. The predicted molar refractivity (Wildman–Crippen MR) is 51.9 cm³/mol. The van der Waals surface area contributed by atoms with Gasteiger partial charge >= 0.3 is 0 Å². The SMILES string of the molecule is CCCCCNC(=O)C(C)(C)C#N. The first-order valence-corrected chi connectivity index (χ1v) is 4.74. The minimum absolute atomic E-state index is 0.175. The molecule has 0 bridgehead atoms. The highest BCUT2D eigenvalue weighted by Crippen LogP contribution is 2.12. The van der Waals surface area contributed by atoms with E-state index in [1.807, 2.05) is 6.07 Å². The quantitative estimate of drug-likeness (QED) is 0.659. The minimum atomic E-state index is -0.897. The summed E-state index contributed by atoms with van der Waals surface area (Å²) in [6, 6.07) is 1.97. The van der Waals surface area contributed by atoms with Gasteiger partial charge in [0.15, 0.2) is 0 Å². The molecule has 3 nitrogen and oxygen atoms in total.